The summed E-state index contributed by atoms with van der Waals surface area (Å²) in [5, 5.41) is 11.0. The Balaban J connectivity index is 1.92. The van der Waals surface area contributed by atoms with E-state index in [4.69, 9.17) is 12.2 Å². The highest BCUT2D eigenvalue weighted by Gasteiger charge is 2.16. The van der Waals surface area contributed by atoms with E-state index in [0.717, 1.165) is 12.5 Å². The minimum atomic E-state index is -1.69. The molecule has 26 heavy (non-hydrogen) atoms. The van der Waals surface area contributed by atoms with E-state index in [0.29, 0.717) is 18.3 Å². The van der Waals surface area contributed by atoms with E-state index in [9.17, 15) is 22.8 Å². The molecule has 0 fully saturated rings. The van der Waals surface area contributed by atoms with Gasteiger partial charge in [0.2, 0.25) is 11.8 Å². The SMILES string of the molecule is CCCc1n[nH]c(=S)n1CC(=O)NCC(=O)Nc1ccc(F)c(F)c1F. The Kier molecular flexibility index (Phi) is 6.50. The lowest BCUT2D eigenvalue weighted by Gasteiger charge is -2.09. The standard InChI is InChI=1S/C15H16F3N5O2S/c1-2-3-10-21-22-15(26)23(10)7-12(25)19-6-11(24)20-9-5-4-8(16)13(17)14(9)18/h4-5H,2-3,6-7H2,1H3,(H,19,25)(H,20,24)(H,22,26). The van der Waals surface area contributed by atoms with Crippen LogP contribution in [0.3, 0.4) is 0 Å². The Morgan fingerprint density at radius 3 is 2.65 bits per heavy atom. The number of benzene rings is 1. The maximum Gasteiger partial charge on any atom is 0.243 e. The summed E-state index contributed by atoms with van der Waals surface area (Å²) in [5.41, 5.74) is -0.523. The molecular weight excluding hydrogens is 371 g/mol. The normalized spacial score (nSPS) is 10.6. The fourth-order valence-corrected chi connectivity index (χ4v) is 2.34. The molecule has 0 bridgehead atoms. The van der Waals surface area contributed by atoms with Crippen molar-refractivity contribution in [2.45, 2.75) is 26.3 Å². The number of rotatable bonds is 7. The van der Waals surface area contributed by atoms with Crippen LogP contribution < -0.4 is 10.6 Å². The smallest absolute Gasteiger partial charge is 0.243 e. The van der Waals surface area contributed by atoms with E-state index in [1.54, 1.807) is 0 Å². The van der Waals surface area contributed by atoms with E-state index < -0.39 is 41.5 Å². The minimum Gasteiger partial charge on any atom is -0.345 e. The summed E-state index contributed by atoms with van der Waals surface area (Å²) in [4.78, 5) is 23.7. The summed E-state index contributed by atoms with van der Waals surface area (Å²) in [6.45, 7) is 1.33. The first kappa shape index (κ1) is 19.6. The molecule has 3 N–H and O–H groups in total. The number of nitrogens with one attached hydrogen (secondary N) is 3. The van der Waals surface area contributed by atoms with E-state index in [-0.39, 0.29) is 11.3 Å². The molecule has 1 heterocycles. The average Bonchev–Trinajstić information content (AvgIpc) is 2.94. The number of carbonyl (C=O) groups excluding carboxylic acids is 2. The molecule has 0 atom stereocenters. The third kappa shape index (κ3) is 4.69. The number of carbonyl (C=O) groups is 2. The van der Waals surface area contributed by atoms with Crippen LogP contribution in [0.5, 0.6) is 0 Å². The molecule has 2 amide bonds. The molecule has 2 aromatic rings. The van der Waals surface area contributed by atoms with E-state index in [1.165, 1.54) is 4.57 Å². The van der Waals surface area contributed by atoms with Crippen molar-refractivity contribution < 1.29 is 22.8 Å². The second-order valence-corrected chi connectivity index (χ2v) is 5.72. The number of nitrogens with zero attached hydrogens (tertiary/aromatic N) is 2. The van der Waals surface area contributed by atoms with Gasteiger partial charge in [0.05, 0.1) is 12.2 Å². The molecule has 0 unspecified atom stereocenters. The summed E-state index contributed by atoms with van der Waals surface area (Å²) < 4.78 is 41.2. The molecule has 2 rings (SSSR count). The quantitative estimate of drug-likeness (QED) is 0.501. The molecule has 1 aromatic heterocycles. The van der Waals surface area contributed by atoms with Crippen LogP contribution in [0.1, 0.15) is 19.2 Å². The third-order valence-electron chi connectivity index (χ3n) is 3.37. The Labute approximate surface area is 151 Å². The van der Waals surface area contributed by atoms with Crippen molar-refractivity contribution in [3.63, 3.8) is 0 Å². The van der Waals surface area contributed by atoms with Crippen molar-refractivity contribution in [3.05, 3.63) is 40.2 Å². The second kappa shape index (κ2) is 8.61. The van der Waals surface area contributed by atoms with Crippen LogP contribution in [0.15, 0.2) is 12.1 Å². The molecule has 1 aromatic carbocycles. The fraction of sp³-hybridized carbons (Fsp3) is 0.333. The van der Waals surface area contributed by atoms with Crippen molar-refractivity contribution in [2.24, 2.45) is 0 Å². The number of halogens is 3. The fourth-order valence-electron chi connectivity index (χ4n) is 2.12. The van der Waals surface area contributed by atoms with Crippen LogP contribution in [0.25, 0.3) is 0 Å². The molecule has 0 aliphatic heterocycles. The van der Waals surface area contributed by atoms with Gasteiger partial charge in [-0.05, 0) is 30.8 Å². The van der Waals surface area contributed by atoms with Crippen molar-refractivity contribution in [3.8, 4) is 0 Å². The van der Waals surface area contributed by atoms with Crippen molar-refractivity contribution in [1.29, 1.82) is 0 Å². The van der Waals surface area contributed by atoms with Gasteiger partial charge in [-0.15, -0.1) is 0 Å². The van der Waals surface area contributed by atoms with Crippen LogP contribution >= 0.6 is 12.2 Å². The van der Waals surface area contributed by atoms with Gasteiger partial charge in [-0.1, -0.05) is 6.92 Å². The number of aromatic nitrogens is 3. The van der Waals surface area contributed by atoms with Gasteiger partial charge >= 0.3 is 0 Å². The van der Waals surface area contributed by atoms with Gasteiger partial charge in [0, 0.05) is 6.42 Å². The first-order valence-electron chi connectivity index (χ1n) is 7.67. The number of amides is 2. The van der Waals surface area contributed by atoms with Crippen molar-refractivity contribution >= 4 is 29.7 Å². The monoisotopic (exact) mass is 387 g/mol. The molecular formula is C15H16F3N5O2S. The van der Waals surface area contributed by atoms with E-state index >= 15 is 0 Å². The number of aryl methyl sites for hydroxylation is 1. The number of H-pyrrole nitrogens is 1. The molecule has 7 nitrogen and oxygen atoms in total. The van der Waals surface area contributed by atoms with Gasteiger partial charge in [0.25, 0.3) is 0 Å². The van der Waals surface area contributed by atoms with Gasteiger partial charge in [-0.2, -0.15) is 5.10 Å². The van der Waals surface area contributed by atoms with E-state index in [2.05, 4.69) is 20.8 Å². The average molecular weight is 387 g/mol. The highest BCUT2D eigenvalue weighted by atomic mass is 32.1. The topological polar surface area (TPSA) is 91.8 Å². The number of aromatic amines is 1. The van der Waals surface area contributed by atoms with Gasteiger partial charge in [-0.3, -0.25) is 19.3 Å². The van der Waals surface area contributed by atoms with Crippen molar-refractivity contribution in [2.75, 3.05) is 11.9 Å². The van der Waals surface area contributed by atoms with Gasteiger partial charge in [0.15, 0.2) is 22.2 Å². The summed E-state index contributed by atoms with van der Waals surface area (Å²) in [6.07, 6.45) is 1.43. The highest BCUT2D eigenvalue weighted by Crippen LogP contribution is 2.19. The number of hydrogen-bond acceptors (Lipinski definition) is 4. The van der Waals surface area contributed by atoms with Gasteiger partial charge in [0.1, 0.15) is 12.4 Å². The molecule has 0 spiro atoms. The molecule has 0 aliphatic rings. The Morgan fingerprint density at radius 2 is 1.96 bits per heavy atom. The molecule has 11 heteroatoms. The second-order valence-electron chi connectivity index (χ2n) is 5.33. The van der Waals surface area contributed by atoms with Crippen LogP contribution in [0.4, 0.5) is 18.9 Å². The number of anilines is 1. The van der Waals surface area contributed by atoms with E-state index in [1.807, 2.05) is 6.92 Å². The zero-order chi connectivity index (χ0) is 19.3. The Bertz CT molecular complexity index is 881. The first-order chi connectivity index (χ1) is 12.3. The molecule has 0 radical (unpaired) electrons. The Morgan fingerprint density at radius 1 is 1.23 bits per heavy atom. The van der Waals surface area contributed by atoms with Crippen LogP contribution in [0.2, 0.25) is 0 Å². The maximum absolute atomic E-state index is 13.5. The van der Waals surface area contributed by atoms with Crippen LogP contribution in [-0.2, 0) is 22.6 Å². The summed E-state index contributed by atoms with van der Waals surface area (Å²) in [7, 11) is 0. The molecule has 0 saturated heterocycles. The maximum atomic E-state index is 13.5. The predicted molar refractivity (Wildman–Crippen MR) is 89.4 cm³/mol. The molecule has 0 aliphatic carbocycles. The molecule has 0 saturated carbocycles. The Hall–Kier alpha value is -2.69. The lowest BCUT2D eigenvalue weighted by Crippen LogP contribution is -2.35. The summed E-state index contributed by atoms with van der Waals surface area (Å²) in [6, 6.07) is 1.57. The summed E-state index contributed by atoms with van der Waals surface area (Å²) >= 11 is 5.04. The van der Waals surface area contributed by atoms with Gasteiger partial charge in [-0.25, -0.2) is 13.2 Å². The third-order valence-corrected chi connectivity index (χ3v) is 3.68. The highest BCUT2D eigenvalue weighted by molar-refractivity contribution is 7.71. The molecule has 140 valence electrons. The first-order valence-corrected chi connectivity index (χ1v) is 8.08. The lowest BCUT2D eigenvalue weighted by molar-refractivity contribution is -0.124. The van der Waals surface area contributed by atoms with Crippen LogP contribution in [-0.4, -0.2) is 33.1 Å². The lowest BCUT2D eigenvalue weighted by atomic mass is 10.2. The largest absolute Gasteiger partial charge is 0.345 e. The predicted octanol–water partition coefficient (Wildman–Crippen LogP) is 2.07. The zero-order valence-electron chi connectivity index (χ0n) is 13.7. The van der Waals surface area contributed by atoms with Crippen molar-refractivity contribution in [1.82, 2.24) is 20.1 Å². The zero-order valence-corrected chi connectivity index (χ0v) is 14.6. The van der Waals surface area contributed by atoms with Crippen LogP contribution in [0, 0.1) is 22.2 Å². The van der Waals surface area contributed by atoms with Gasteiger partial charge < -0.3 is 10.6 Å². The number of hydrogen-bond donors (Lipinski definition) is 3. The minimum absolute atomic E-state index is 0.141. The summed E-state index contributed by atoms with van der Waals surface area (Å²) in [5.74, 6) is -5.27.